The summed E-state index contributed by atoms with van der Waals surface area (Å²) in [6.45, 7) is 2.65. The van der Waals surface area contributed by atoms with E-state index in [0.717, 1.165) is 32.1 Å². The van der Waals surface area contributed by atoms with Gasteiger partial charge >= 0.3 is 0 Å². The molecule has 0 saturated heterocycles. The Morgan fingerprint density at radius 2 is 2.14 bits per heavy atom. The van der Waals surface area contributed by atoms with Gasteiger partial charge in [-0.05, 0) is 43.9 Å². The molecule has 1 aliphatic rings. The van der Waals surface area contributed by atoms with Crippen molar-refractivity contribution in [2.45, 2.75) is 45.1 Å². The van der Waals surface area contributed by atoms with Gasteiger partial charge in [0.1, 0.15) is 0 Å². The van der Waals surface area contributed by atoms with Crippen LogP contribution in [-0.4, -0.2) is 24.4 Å². The number of carbonyl (C=O) groups excluding carboxylic acids is 2. The predicted molar refractivity (Wildman–Crippen MR) is 87.6 cm³/mol. The highest BCUT2D eigenvalue weighted by molar-refractivity contribution is 5.97. The molecule has 2 atom stereocenters. The summed E-state index contributed by atoms with van der Waals surface area (Å²) in [7, 11) is 0. The zero-order valence-corrected chi connectivity index (χ0v) is 13.1. The van der Waals surface area contributed by atoms with Crippen LogP contribution in [0.5, 0.6) is 0 Å². The molecule has 2 rings (SSSR count). The highest BCUT2D eigenvalue weighted by Gasteiger charge is 2.25. The van der Waals surface area contributed by atoms with Crippen LogP contribution in [0, 0.1) is 5.92 Å². The molecule has 0 heterocycles. The molecule has 0 aromatic heterocycles. The van der Waals surface area contributed by atoms with Gasteiger partial charge in [0.25, 0.3) is 5.91 Å². The molecule has 1 saturated carbocycles. The smallest absolute Gasteiger partial charge is 0.251 e. The summed E-state index contributed by atoms with van der Waals surface area (Å²) in [6.07, 6.45) is 4.51. The van der Waals surface area contributed by atoms with Crippen LogP contribution in [0.2, 0.25) is 0 Å². The first-order chi connectivity index (χ1) is 10.6. The Morgan fingerprint density at radius 3 is 2.86 bits per heavy atom. The summed E-state index contributed by atoms with van der Waals surface area (Å²) in [5, 5.41) is 5.74. The predicted octanol–water partition coefficient (Wildman–Crippen LogP) is 2.28. The Balaban J connectivity index is 1.97. The molecule has 1 aromatic rings. The second kappa shape index (κ2) is 7.94. The fourth-order valence-electron chi connectivity index (χ4n) is 2.79. The number of benzene rings is 1. The number of anilines is 1. The molecule has 120 valence electrons. The maximum atomic E-state index is 12.3. The molecule has 2 amide bonds. The van der Waals surface area contributed by atoms with Crippen molar-refractivity contribution in [1.82, 2.24) is 5.32 Å². The zero-order valence-electron chi connectivity index (χ0n) is 13.1. The van der Waals surface area contributed by atoms with E-state index in [9.17, 15) is 9.59 Å². The Bertz CT molecular complexity index is 530. The van der Waals surface area contributed by atoms with E-state index in [1.165, 1.54) is 0 Å². The van der Waals surface area contributed by atoms with Gasteiger partial charge in [-0.3, -0.25) is 9.59 Å². The highest BCUT2D eigenvalue weighted by atomic mass is 16.2. The van der Waals surface area contributed by atoms with Crippen molar-refractivity contribution in [3.8, 4) is 0 Å². The fourth-order valence-corrected chi connectivity index (χ4v) is 2.79. The SMILES string of the molecule is CCCNC(=O)c1cccc(NC(=O)C2CCCC(N)C2)c1. The Labute approximate surface area is 131 Å². The van der Waals surface area contributed by atoms with Crippen molar-refractivity contribution >= 4 is 17.5 Å². The van der Waals surface area contributed by atoms with E-state index in [0.29, 0.717) is 17.8 Å². The number of hydrogen-bond donors (Lipinski definition) is 3. The van der Waals surface area contributed by atoms with E-state index in [2.05, 4.69) is 10.6 Å². The van der Waals surface area contributed by atoms with Gasteiger partial charge < -0.3 is 16.4 Å². The molecule has 0 bridgehead atoms. The Kier molecular flexibility index (Phi) is 5.95. The van der Waals surface area contributed by atoms with E-state index in [-0.39, 0.29) is 23.8 Å². The summed E-state index contributed by atoms with van der Waals surface area (Å²) >= 11 is 0. The number of hydrogen-bond acceptors (Lipinski definition) is 3. The standard InChI is InChI=1S/C17H25N3O2/c1-2-9-19-16(21)13-6-4-8-15(11-13)20-17(22)12-5-3-7-14(18)10-12/h4,6,8,11-12,14H,2-3,5,7,9-10,18H2,1H3,(H,19,21)(H,20,22). The lowest BCUT2D eigenvalue weighted by molar-refractivity contribution is -0.120. The minimum absolute atomic E-state index is 0.00117. The topological polar surface area (TPSA) is 84.2 Å². The van der Waals surface area contributed by atoms with Gasteiger partial charge in [-0.15, -0.1) is 0 Å². The molecule has 5 nitrogen and oxygen atoms in total. The third kappa shape index (κ3) is 4.56. The van der Waals surface area contributed by atoms with Crippen molar-refractivity contribution in [2.75, 3.05) is 11.9 Å². The summed E-state index contributed by atoms with van der Waals surface area (Å²) in [5.74, 6) is -0.139. The molecular weight excluding hydrogens is 278 g/mol. The second-order valence-corrected chi connectivity index (χ2v) is 5.95. The van der Waals surface area contributed by atoms with Crippen LogP contribution >= 0.6 is 0 Å². The number of nitrogens with two attached hydrogens (primary N) is 1. The van der Waals surface area contributed by atoms with Crippen molar-refractivity contribution in [2.24, 2.45) is 11.7 Å². The minimum atomic E-state index is -0.113. The average Bonchev–Trinajstić information content (AvgIpc) is 2.52. The molecule has 0 aliphatic heterocycles. The van der Waals surface area contributed by atoms with Gasteiger partial charge in [0, 0.05) is 29.8 Å². The average molecular weight is 303 g/mol. The first-order valence-corrected chi connectivity index (χ1v) is 8.05. The van der Waals surface area contributed by atoms with E-state index < -0.39 is 0 Å². The first-order valence-electron chi connectivity index (χ1n) is 8.05. The number of amides is 2. The third-order valence-corrected chi connectivity index (χ3v) is 4.01. The number of rotatable bonds is 5. The van der Waals surface area contributed by atoms with Gasteiger partial charge in [0.05, 0.1) is 0 Å². The molecule has 5 heteroatoms. The van der Waals surface area contributed by atoms with Crippen molar-refractivity contribution < 1.29 is 9.59 Å². The molecule has 22 heavy (non-hydrogen) atoms. The van der Waals surface area contributed by atoms with Gasteiger partial charge in [-0.2, -0.15) is 0 Å². The van der Waals surface area contributed by atoms with Gasteiger partial charge in [0.2, 0.25) is 5.91 Å². The fraction of sp³-hybridized carbons (Fsp3) is 0.529. The van der Waals surface area contributed by atoms with Crippen LogP contribution < -0.4 is 16.4 Å². The van der Waals surface area contributed by atoms with Crippen molar-refractivity contribution in [3.63, 3.8) is 0 Å². The van der Waals surface area contributed by atoms with Crippen LogP contribution in [-0.2, 0) is 4.79 Å². The maximum Gasteiger partial charge on any atom is 0.251 e. The number of nitrogens with one attached hydrogen (secondary N) is 2. The lowest BCUT2D eigenvalue weighted by atomic mass is 9.85. The minimum Gasteiger partial charge on any atom is -0.352 e. The van der Waals surface area contributed by atoms with Crippen molar-refractivity contribution in [3.05, 3.63) is 29.8 Å². The molecule has 2 unspecified atom stereocenters. The summed E-state index contributed by atoms with van der Waals surface area (Å²) in [5.41, 5.74) is 7.16. The second-order valence-electron chi connectivity index (χ2n) is 5.95. The van der Waals surface area contributed by atoms with E-state index in [4.69, 9.17) is 5.73 Å². The molecular formula is C17H25N3O2. The summed E-state index contributed by atoms with van der Waals surface area (Å²) in [4.78, 5) is 24.2. The zero-order chi connectivity index (χ0) is 15.9. The monoisotopic (exact) mass is 303 g/mol. The molecule has 4 N–H and O–H groups in total. The largest absolute Gasteiger partial charge is 0.352 e. The Morgan fingerprint density at radius 1 is 1.32 bits per heavy atom. The molecule has 0 spiro atoms. The normalized spacial score (nSPS) is 21.2. The Hall–Kier alpha value is -1.88. The quantitative estimate of drug-likeness (QED) is 0.780. The molecule has 1 aromatic carbocycles. The van der Waals surface area contributed by atoms with Crippen LogP contribution in [0.3, 0.4) is 0 Å². The summed E-state index contributed by atoms with van der Waals surface area (Å²) < 4.78 is 0. The van der Waals surface area contributed by atoms with Crippen LogP contribution in [0.1, 0.15) is 49.4 Å². The van der Waals surface area contributed by atoms with E-state index >= 15 is 0 Å². The summed E-state index contributed by atoms with van der Waals surface area (Å²) in [6, 6.07) is 7.17. The molecule has 1 aliphatic carbocycles. The van der Waals surface area contributed by atoms with E-state index in [1.807, 2.05) is 6.92 Å². The number of carbonyl (C=O) groups is 2. The highest BCUT2D eigenvalue weighted by Crippen LogP contribution is 2.24. The van der Waals surface area contributed by atoms with Gasteiger partial charge in [-0.1, -0.05) is 19.4 Å². The first kappa shape index (κ1) is 16.5. The molecule has 1 fully saturated rings. The maximum absolute atomic E-state index is 12.3. The lowest BCUT2D eigenvalue weighted by Gasteiger charge is -2.25. The van der Waals surface area contributed by atoms with E-state index in [1.54, 1.807) is 24.3 Å². The van der Waals surface area contributed by atoms with Crippen LogP contribution in [0.25, 0.3) is 0 Å². The van der Waals surface area contributed by atoms with Crippen LogP contribution in [0.4, 0.5) is 5.69 Å². The van der Waals surface area contributed by atoms with Crippen molar-refractivity contribution in [1.29, 1.82) is 0 Å². The third-order valence-electron chi connectivity index (χ3n) is 4.01. The van der Waals surface area contributed by atoms with Crippen LogP contribution in [0.15, 0.2) is 24.3 Å². The molecule has 0 radical (unpaired) electrons. The lowest BCUT2D eigenvalue weighted by Crippen LogP contribution is -2.34. The van der Waals surface area contributed by atoms with Gasteiger partial charge in [0.15, 0.2) is 0 Å². The van der Waals surface area contributed by atoms with Gasteiger partial charge in [-0.25, -0.2) is 0 Å².